The lowest BCUT2D eigenvalue weighted by Crippen LogP contribution is -2.46. The van der Waals surface area contributed by atoms with Gasteiger partial charge in [0.1, 0.15) is 12.2 Å². The Kier molecular flexibility index (Phi) is 8.75. The first-order valence-electron chi connectivity index (χ1n) is 11.0. The number of ether oxygens (including phenoxy) is 2. The number of carbonyl (C=O) groups excluding carboxylic acids is 2. The molecule has 2 aliphatic rings. The minimum atomic E-state index is -1.91. The van der Waals surface area contributed by atoms with Crippen molar-refractivity contribution in [1.82, 2.24) is 0 Å². The Balaban J connectivity index is 1.91. The highest BCUT2D eigenvalue weighted by atomic mass is 16.6. The minimum absolute atomic E-state index is 0.239. The fourth-order valence-corrected chi connectivity index (χ4v) is 4.76. The molecule has 6 nitrogen and oxygen atoms in total. The topological polar surface area (TPSA) is 93.1 Å². The normalized spacial score (nSPS) is 30.7. The first-order valence-corrected chi connectivity index (χ1v) is 11.0. The first-order chi connectivity index (χ1) is 13.2. The van der Waals surface area contributed by atoms with Crippen molar-refractivity contribution in [3.05, 3.63) is 0 Å². The number of aliphatic hydroxyl groups is 2. The molecule has 0 unspecified atom stereocenters. The monoisotopic (exact) mass is 398 g/mol. The number of rotatable bonds is 7. The van der Waals surface area contributed by atoms with E-state index in [1.54, 1.807) is 0 Å². The minimum Gasteiger partial charge on any atom is -0.460 e. The maximum Gasteiger partial charge on any atom is 0.338 e. The standard InChI is InChI=1S/C22H38O6/c1-13(2)15-9-5-7-11-17(15)27-21(25)19(23)20(24)22(26)28-18-12-8-6-10-16(18)14(3)4/h13-20,23-24H,5-12H2,1-4H3/t15-,16-,17+,18+,19+,20+/m0/s1. The number of esters is 2. The zero-order valence-electron chi connectivity index (χ0n) is 17.8. The van der Waals surface area contributed by atoms with Crippen molar-refractivity contribution in [1.29, 1.82) is 0 Å². The van der Waals surface area contributed by atoms with Gasteiger partial charge in [-0.2, -0.15) is 0 Å². The van der Waals surface area contributed by atoms with E-state index in [1.165, 1.54) is 0 Å². The molecule has 6 atom stereocenters. The molecule has 0 saturated heterocycles. The highest BCUT2D eigenvalue weighted by Crippen LogP contribution is 2.34. The largest absolute Gasteiger partial charge is 0.460 e. The zero-order chi connectivity index (χ0) is 20.8. The molecule has 2 N–H and O–H groups in total. The van der Waals surface area contributed by atoms with Gasteiger partial charge in [-0.05, 0) is 62.2 Å². The van der Waals surface area contributed by atoms with Gasteiger partial charge < -0.3 is 19.7 Å². The second-order valence-electron chi connectivity index (χ2n) is 9.23. The van der Waals surface area contributed by atoms with Crippen LogP contribution in [0.25, 0.3) is 0 Å². The average molecular weight is 399 g/mol. The molecule has 2 rings (SSSR count). The molecule has 28 heavy (non-hydrogen) atoms. The second-order valence-corrected chi connectivity index (χ2v) is 9.23. The summed E-state index contributed by atoms with van der Waals surface area (Å²) in [6, 6.07) is 0. The Morgan fingerprint density at radius 3 is 1.32 bits per heavy atom. The van der Waals surface area contributed by atoms with Crippen molar-refractivity contribution in [3.8, 4) is 0 Å². The van der Waals surface area contributed by atoms with E-state index in [2.05, 4.69) is 27.7 Å². The van der Waals surface area contributed by atoms with Crippen LogP contribution in [-0.4, -0.2) is 46.6 Å². The third-order valence-corrected chi connectivity index (χ3v) is 6.54. The lowest BCUT2D eigenvalue weighted by molar-refractivity contribution is -0.184. The third kappa shape index (κ3) is 5.93. The molecule has 0 bridgehead atoms. The smallest absolute Gasteiger partial charge is 0.338 e. The Hall–Kier alpha value is -1.14. The molecular formula is C22H38O6. The SMILES string of the molecule is CC(C)[C@@H]1CCCC[C@H]1OC(=O)[C@H](O)[C@@H](O)C(=O)O[C@@H]1CCCC[C@H]1C(C)C. The van der Waals surface area contributed by atoms with E-state index in [1.807, 2.05) is 0 Å². The highest BCUT2D eigenvalue weighted by molar-refractivity contribution is 5.85. The van der Waals surface area contributed by atoms with Gasteiger partial charge in [0, 0.05) is 0 Å². The molecule has 2 fully saturated rings. The van der Waals surface area contributed by atoms with Crippen molar-refractivity contribution in [3.63, 3.8) is 0 Å². The van der Waals surface area contributed by atoms with Crippen LogP contribution < -0.4 is 0 Å². The van der Waals surface area contributed by atoms with Gasteiger partial charge in [-0.1, -0.05) is 40.5 Å². The van der Waals surface area contributed by atoms with Gasteiger partial charge in [0.25, 0.3) is 0 Å². The zero-order valence-corrected chi connectivity index (χ0v) is 17.8. The summed E-state index contributed by atoms with van der Waals surface area (Å²) in [6.07, 6.45) is 3.24. The maximum atomic E-state index is 12.4. The summed E-state index contributed by atoms with van der Waals surface area (Å²) < 4.78 is 11.0. The van der Waals surface area contributed by atoms with Gasteiger partial charge >= 0.3 is 11.9 Å². The fourth-order valence-electron chi connectivity index (χ4n) is 4.76. The molecule has 0 radical (unpaired) electrons. The Bertz CT molecular complexity index is 471. The molecule has 0 aromatic rings. The van der Waals surface area contributed by atoms with Crippen LogP contribution in [0.15, 0.2) is 0 Å². The number of hydrogen-bond donors (Lipinski definition) is 2. The van der Waals surface area contributed by atoms with Gasteiger partial charge in [-0.3, -0.25) is 0 Å². The van der Waals surface area contributed by atoms with Crippen molar-refractivity contribution in [2.45, 2.75) is 103 Å². The van der Waals surface area contributed by atoms with Crippen LogP contribution in [0.4, 0.5) is 0 Å². The van der Waals surface area contributed by atoms with Crippen LogP contribution in [0, 0.1) is 23.7 Å². The summed E-state index contributed by atoms with van der Waals surface area (Å²) in [5.74, 6) is -0.669. The predicted octanol–water partition coefficient (Wildman–Crippen LogP) is 3.22. The molecule has 2 saturated carbocycles. The lowest BCUT2D eigenvalue weighted by Gasteiger charge is -2.35. The molecule has 2 aliphatic carbocycles. The molecule has 0 aromatic heterocycles. The molecule has 0 spiro atoms. The fraction of sp³-hybridized carbons (Fsp3) is 0.909. The summed E-state index contributed by atoms with van der Waals surface area (Å²) in [7, 11) is 0. The van der Waals surface area contributed by atoms with Crippen molar-refractivity contribution in [2.75, 3.05) is 0 Å². The van der Waals surface area contributed by atoms with Crippen LogP contribution in [-0.2, 0) is 19.1 Å². The summed E-state index contributed by atoms with van der Waals surface area (Å²) in [6.45, 7) is 8.37. The van der Waals surface area contributed by atoms with E-state index < -0.39 is 24.1 Å². The van der Waals surface area contributed by atoms with Crippen LogP contribution in [0.2, 0.25) is 0 Å². The first kappa shape index (κ1) is 23.1. The molecule has 162 valence electrons. The van der Waals surface area contributed by atoms with Gasteiger partial charge in [-0.25, -0.2) is 9.59 Å². The van der Waals surface area contributed by atoms with E-state index in [9.17, 15) is 19.8 Å². The highest BCUT2D eigenvalue weighted by Gasteiger charge is 2.39. The van der Waals surface area contributed by atoms with E-state index in [0.717, 1.165) is 51.4 Å². The Labute approximate surface area is 169 Å². The summed E-state index contributed by atoms with van der Waals surface area (Å²) >= 11 is 0. The van der Waals surface area contributed by atoms with Gasteiger partial charge in [0.05, 0.1) is 0 Å². The maximum absolute atomic E-state index is 12.4. The average Bonchev–Trinajstić information content (AvgIpc) is 2.67. The van der Waals surface area contributed by atoms with E-state index in [4.69, 9.17) is 9.47 Å². The van der Waals surface area contributed by atoms with E-state index >= 15 is 0 Å². The van der Waals surface area contributed by atoms with Crippen molar-refractivity contribution >= 4 is 11.9 Å². The third-order valence-electron chi connectivity index (χ3n) is 6.54. The van der Waals surface area contributed by atoms with E-state index in [0.29, 0.717) is 11.8 Å². The van der Waals surface area contributed by atoms with Crippen LogP contribution in [0.3, 0.4) is 0 Å². The van der Waals surface area contributed by atoms with Crippen molar-refractivity contribution < 1.29 is 29.3 Å². The molecule has 6 heteroatoms. The molecule has 0 aliphatic heterocycles. The van der Waals surface area contributed by atoms with Gasteiger partial charge in [-0.15, -0.1) is 0 Å². The number of aliphatic hydroxyl groups excluding tert-OH is 2. The van der Waals surface area contributed by atoms with Gasteiger partial charge in [0.2, 0.25) is 0 Å². The summed E-state index contributed by atoms with van der Waals surface area (Å²) in [4.78, 5) is 24.7. The van der Waals surface area contributed by atoms with Crippen LogP contribution in [0.1, 0.15) is 79.1 Å². The van der Waals surface area contributed by atoms with Crippen molar-refractivity contribution in [2.24, 2.45) is 23.7 Å². The molecule has 0 amide bonds. The number of carbonyl (C=O) groups is 2. The molecule has 0 aromatic carbocycles. The second kappa shape index (κ2) is 10.6. The molecule has 0 heterocycles. The lowest BCUT2D eigenvalue weighted by atomic mass is 9.79. The molecular weight excluding hydrogens is 360 g/mol. The Morgan fingerprint density at radius 1 is 0.679 bits per heavy atom. The summed E-state index contributed by atoms with van der Waals surface area (Å²) in [5, 5.41) is 20.4. The predicted molar refractivity (Wildman–Crippen MR) is 105 cm³/mol. The van der Waals surface area contributed by atoms with E-state index in [-0.39, 0.29) is 24.0 Å². The summed E-state index contributed by atoms with van der Waals surface area (Å²) in [5.41, 5.74) is 0. The van der Waals surface area contributed by atoms with Gasteiger partial charge in [0.15, 0.2) is 12.2 Å². The Morgan fingerprint density at radius 2 is 1.00 bits per heavy atom. The number of hydrogen-bond acceptors (Lipinski definition) is 6. The van der Waals surface area contributed by atoms with Crippen LogP contribution in [0.5, 0.6) is 0 Å². The quantitative estimate of drug-likeness (QED) is 0.640. The van der Waals surface area contributed by atoms with Crippen LogP contribution >= 0.6 is 0 Å².